The fourth-order valence-electron chi connectivity index (χ4n) is 2.50. The summed E-state index contributed by atoms with van der Waals surface area (Å²) in [5.74, 6) is 0.532. The zero-order valence-corrected chi connectivity index (χ0v) is 12.7. The Morgan fingerprint density at radius 2 is 1.79 bits per heavy atom. The zero-order chi connectivity index (χ0) is 13.7. The minimum atomic E-state index is -1.21. The zero-order valence-electron chi connectivity index (χ0n) is 11.8. The van der Waals surface area contributed by atoms with E-state index in [-0.39, 0.29) is 0 Å². The molecule has 1 unspecified atom stereocenters. The number of hydrogen-bond acceptors (Lipinski definition) is 1. The van der Waals surface area contributed by atoms with Gasteiger partial charge in [-0.3, -0.25) is 0 Å². The molecule has 1 aliphatic rings. The van der Waals surface area contributed by atoms with Crippen LogP contribution in [-0.4, -0.2) is 10.4 Å². The SMILES string of the molecule is CC(C)(c1ccccc1)S(=O)/N=C/C1CCCCC1. The number of rotatable bonds is 4. The minimum Gasteiger partial charge on any atom is -0.234 e. The molecule has 3 heteroatoms. The highest BCUT2D eigenvalue weighted by Crippen LogP contribution is 2.28. The lowest BCUT2D eigenvalue weighted by Gasteiger charge is -2.22. The number of nitrogens with zero attached hydrogens (tertiary/aromatic N) is 1. The van der Waals surface area contributed by atoms with E-state index in [0.29, 0.717) is 5.92 Å². The Morgan fingerprint density at radius 3 is 2.42 bits per heavy atom. The first kappa shape index (κ1) is 14.4. The third-order valence-corrected chi connectivity index (χ3v) is 5.34. The Kier molecular flexibility index (Phi) is 4.92. The van der Waals surface area contributed by atoms with Gasteiger partial charge in [-0.2, -0.15) is 4.40 Å². The number of benzene rings is 1. The molecular formula is C16H23NOS. The third kappa shape index (κ3) is 3.75. The summed E-state index contributed by atoms with van der Waals surface area (Å²) in [6, 6.07) is 9.99. The van der Waals surface area contributed by atoms with Crippen molar-refractivity contribution in [1.82, 2.24) is 0 Å². The molecule has 0 bridgehead atoms. The van der Waals surface area contributed by atoms with Crippen molar-refractivity contribution < 1.29 is 4.21 Å². The average Bonchev–Trinajstić information content (AvgIpc) is 2.46. The maximum absolute atomic E-state index is 12.4. The van der Waals surface area contributed by atoms with Gasteiger partial charge in [0.1, 0.15) is 11.0 Å². The van der Waals surface area contributed by atoms with E-state index in [2.05, 4.69) is 4.40 Å². The van der Waals surface area contributed by atoms with E-state index in [0.717, 1.165) is 5.56 Å². The molecule has 1 aromatic carbocycles. The van der Waals surface area contributed by atoms with Crippen LogP contribution in [0.3, 0.4) is 0 Å². The second-order valence-corrected chi connectivity index (χ2v) is 7.51. The van der Waals surface area contributed by atoms with Gasteiger partial charge in [-0.05, 0) is 38.2 Å². The molecule has 0 N–H and O–H groups in total. The van der Waals surface area contributed by atoms with Gasteiger partial charge < -0.3 is 0 Å². The van der Waals surface area contributed by atoms with Crippen molar-refractivity contribution >= 4 is 17.2 Å². The van der Waals surface area contributed by atoms with Crippen molar-refractivity contribution in [2.45, 2.75) is 50.7 Å². The van der Waals surface area contributed by atoms with Crippen LogP contribution in [-0.2, 0) is 15.7 Å². The van der Waals surface area contributed by atoms with E-state index in [1.165, 1.54) is 32.1 Å². The predicted octanol–water partition coefficient (Wildman–Crippen LogP) is 4.24. The summed E-state index contributed by atoms with van der Waals surface area (Å²) in [4.78, 5) is 0. The fourth-order valence-corrected chi connectivity index (χ4v) is 3.38. The lowest BCUT2D eigenvalue weighted by Crippen LogP contribution is -2.22. The molecule has 0 aromatic heterocycles. The van der Waals surface area contributed by atoms with Crippen LogP contribution in [0.2, 0.25) is 0 Å². The van der Waals surface area contributed by atoms with Gasteiger partial charge in [-0.1, -0.05) is 49.6 Å². The first-order valence-corrected chi connectivity index (χ1v) is 8.23. The van der Waals surface area contributed by atoms with Crippen LogP contribution in [0.5, 0.6) is 0 Å². The van der Waals surface area contributed by atoms with E-state index >= 15 is 0 Å². The molecule has 1 aromatic rings. The van der Waals surface area contributed by atoms with Crippen molar-refractivity contribution in [3.05, 3.63) is 35.9 Å². The van der Waals surface area contributed by atoms with Gasteiger partial charge in [0, 0.05) is 6.21 Å². The summed E-state index contributed by atoms with van der Waals surface area (Å²) < 4.78 is 16.3. The van der Waals surface area contributed by atoms with Crippen LogP contribution in [0.15, 0.2) is 34.7 Å². The number of hydrogen-bond donors (Lipinski definition) is 0. The van der Waals surface area contributed by atoms with Gasteiger partial charge in [0.05, 0.1) is 4.75 Å². The molecule has 0 heterocycles. The van der Waals surface area contributed by atoms with Gasteiger partial charge >= 0.3 is 0 Å². The maximum Gasteiger partial charge on any atom is 0.149 e. The highest BCUT2D eigenvalue weighted by Gasteiger charge is 2.28. The molecule has 1 saturated carbocycles. The molecule has 104 valence electrons. The summed E-state index contributed by atoms with van der Waals surface area (Å²) in [7, 11) is -1.21. The Morgan fingerprint density at radius 1 is 1.16 bits per heavy atom. The van der Waals surface area contributed by atoms with E-state index in [1.807, 2.05) is 50.4 Å². The summed E-state index contributed by atoms with van der Waals surface area (Å²) in [5, 5.41) is 0. The molecule has 0 saturated heterocycles. The van der Waals surface area contributed by atoms with Crippen LogP contribution >= 0.6 is 0 Å². The highest BCUT2D eigenvalue weighted by molar-refractivity contribution is 7.84. The van der Waals surface area contributed by atoms with Crippen LogP contribution < -0.4 is 0 Å². The largest absolute Gasteiger partial charge is 0.234 e. The molecule has 19 heavy (non-hydrogen) atoms. The van der Waals surface area contributed by atoms with Crippen LogP contribution in [0.4, 0.5) is 0 Å². The minimum absolute atomic E-state index is 0.424. The fraction of sp³-hybridized carbons (Fsp3) is 0.562. The Labute approximate surface area is 118 Å². The molecule has 1 atom stereocenters. The Bertz CT molecular complexity index is 447. The molecule has 1 aliphatic carbocycles. The van der Waals surface area contributed by atoms with E-state index in [4.69, 9.17) is 0 Å². The smallest absolute Gasteiger partial charge is 0.149 e. The molecule has 1 fully saturated rings. The molecule has 2 nitrogen and oxygen atoms in total. The molecule has 0 aliphatic heterocycles. The van der Waals surface area contributed by atoms with Gasteiger partial charge in [-0.15, -0.1) is 0 Å². The third-order valence-electron chi connectivity index (χ3n) is 3.92. The Balaban J connectivity index is 2.04. The maximum atomic E-state index is 12.4. The Hall–Kier alpha value is -0.960. The van der Waals surface area contributed by atoms with Crippen molar-refractivity contribution in [1.29, 1.82) is 0 Å². The lowest BCUT2D eigenvalue weighted by molar-refractivity contribution is 0.445. The van der Waals surface area contributed by atoms with Crippen molar-refractivity contribution in [3.8, 4) is 0 Å². The van der Waals surface area contributed by atoms with Gasteiger partial charge in [0.25, 0.3) is 0 Å². The second kappa shape index (κ2) is 6.47. The normalized spacial score (nSPS) is 19.7. The van der Waals surface area contributed by atoms with Gasteiger partial charge in [0.2, 0.25) is 0 Å². The van der Waals surface area contributed by atoms with Gasteiger partial charge in [0.15, 0.2) is 0 Å². The molecular weight excluding hydrogens is 254 g/mol. The van der Waals surface area contributed by atoms with Crippen molar-refractivity contribution in [2.75, 3.05) is 0 Å². The van der Waals surface area contributed by atoms with Crippen LogP contribution in [0.1, 0.15) is 51.5 Å². The standard InChI is InChI=1S/C16H23NOS/c1-16(2,15-11-7-4-8-12-15)19(18)17-13-14-9-5-3-6-10-14/h4,7-8,11-14H,3,5-6,9-10H2,1-2H3/b17-13+. The van der Waals surface area contributed by atoms with Gasteiger partial charge in [-0.25, -0.2) is 4.21 Å². The summed E-state index contributed by atoms with van der Waals surface area (Å²) in [6.07, 6.45) is 8.25. The molecule has 0 radical (unpaired) electrons. The summed E-state index contributed by atoms with van der Waals surface area (Å²) in [5.41, 5.74) is 1.08. The van der Waals surface area contributed by atoms with E-state index in [9.17, 15) is 4.21 Å². The molecule has 0 amide bonds. The lowest BCUT2D eigenvalue weighted by atomic mass is 9.90. The predicted molar refractivity (Wildman–Crippen MR) is 82.7 cm³/mol. The summed E-state index contributed by atoms with van der Waals surface area (Å²) >= 11 is 0. The van der Waals surface area contributed by atoms with Crippen molar-refractivity contribution in [2.24, 2.45) is 10.3 Å². The summed E-state index contributed by atoms with van der Waals surface area (Å²) in [6.45, 7) is 3.99. The first-order chi connectivity index (χ1) is 9.10. The van der Waals surface area contributed by atoms with Crippen LogP contribution in [0, 0.1) is 5.92 Å². The quantitative estimate of drug-likeness (QED) is 0.757. The molecule has 2 rings (SSSR count). The topological polar surface area (TPSA) is 29.4 Å². The molecule has 0 spiro atoms. The first-order valence-electron chi connectivity index (χ1n) is 7.12. The van der Waals surface area contributed by atoms with E-state index in [1.54, 1.807) is 0 Å². The van der Waals surface area contributed by atoms with Crippen molar-refractivity contribution in [3.63, 3.8) is 0 Å². The van der Waals surface area contributed by atoms with Crippen LogP contribution in [0.25, 0.3) is 0 Å². The van der Waals surface area contributed by atoms with E-state index < -0.39 is 15.7 Å². The second-order valence-electron chi connectivity index (χ2n) is 5.78. The average molecular weight is 277 g/mol. The monoisotopic (exact) mass is 277 g/mol. The highest BCUT2D eigenvalue weighted by atomic mass is 32.2.